The van der Waals surface area contributed by atoms with Crippen molar-refractivity contribution in [2.24, 2.45) is 12.1 Å². The number of benzene rings is 2. The summed E-state index contributed by atoms with van der Waals surface area (Å²) in [4.78, 5) is 0. The van der Waals surface area contributed by atoms with E-state index in [2.05, 4.69) is 89.4 Å². The van der Waals surface area contributed by atoms with Crippen LogP contribution in [0.5, 0.6) is 0 Å². The van der Waals surface area contributed by atoms with Gasteiger partial charge in [0.1, 0.15) is 7.05 Å². The maximum Gasteiger partial charge on any atom is 0.217 e. The minimum atomic E-state index is -4.41. The molecule has 4 rings (SSSR count). The standard InChI is InChI=1S/C21H22N3.CH4O4S/c1-15-8-9-21-19(12-15)18(10-11-23(21)3)14-22-24-16(2)13-17-6-4-5-7-20(17)24;1-5-6(2,3)4/h4-12,14,16H,13H2,1-3H3;1H3,(H,2,3,4)/q+1;/p-1. The smallest absolute Gasteiger partial charge is 0.217 e. The number of hydrogen-bond donors (Lipinski definition) is 0. The molecule has 0 radical (unpaired) electrons. The second-order valence-electron chi connectivity index (χ2n) is 7.25. The summed E-state index contributed by atoms with van der Waals surface area (Å²) in [5, 5.41) is 8.21. The van der Waals surface area contributed by atoms with Crippen molar-refractivity contribution in [3.05, 3.63) is 71.4 Å². The highest BCUT2D eigenvalue weighted by atomic mass is 32.3. The van der Waals surface area contributed by atoms with Crippen LogP contribution in [-0.2, 0) is 28.1 Å². The minimum absolute atomic E-state index is 0.395. The predicted molar refractivity (Wildman–Crippen MR) is 116 cm³/mol. The van der Waals surface area contributed by atoms with Gasteiger partial charge in [0.05, 0.1) is 30.4 Å². The van der Waals surface area contributed by atoms with E-state index in [0.29, 0.717) is 6.04 Å². The van der Waals surface area contributed by atoms with E-state index in [1.165, 1.54) is 27.7 Å². The van der Waals surface area contributed by atoms with Crippen LogP contribution < -0.4 is 9.58 Å². The SMILES string of the molecule is COS(=O)(=O)[O-].Cc1ccc2c(c1)c(/C=N/N1c3ccccc3CC1C)cc[n+]2C. The van der Waals surface area contributed by atoms with Gasteiger partial charge in [-0.3, -0.25) is 9.19 Å². The Morgan fingerprint density at radius 3 is 2.63 bits per heavy atom. The molecule has 158 valence electrons. The van der Waals surface area contributed by atoms with E-state index in [4.69, 9.17) is 5.10 Å². The van der Waals surface area contributed by atoms with E-state index in [-0.39, 0.29) is 0 Å². The number of pyridine rings is 1. The number of fused-ring (bicyclic) bond motifs is 2. The van der Waals surface area contributed by atoms with Crippen LogP contribution in [0.3, 0.4) is 0 Å². The largest absolute Gasteiger partial charge is 0.726 e. The van der Waals surface area contributed by atoms with Crippen molar-refractivity contribution in [2.45, 2.75) is 26.3 Å². The fourth-order valence-corrected chi connectivity index (χ4v) is 3.51. The Kier molecular flexibility index (Phi) is 6.50. The van der Waals surface area contributed by atoms with Gasteiger partial charge in [0.15, 0.2) is 6.20 Å². The number of anilines is 1. The zero-order valence-corrected chi connectivity index (χ0v) is 18.3. The summed E-state index contributed by atoms with van der Waals surface area (Å²) in [5.74, 6) is 0. The average molecular weight is 428 g/mol. The summed E-state index contributed by atoms with van der Waals surface area (Å²) >= 11 is 0. The summed E-state index contributed by atoms with van der Waals surface area (Å²) in [6.07, 6.45) is 5.15. The Morgan fingerprint density at radius 2 is 1.93 bits per heavy atom. The molecular weight excluding hydrogens is 402 g/mol. The van der Waals surface area contributed by atoms with Gasteiger partial charge < -0.3 is 4.55 Å². The first-order valence-electron chi connectivity index (χ1n) is 9.51. The van der Waals surface area contributed by atoms with Gasteiger partial charge in [0.2, 0.25) is 15.9 Å². The van der Waals surface area contributed by atoms with Crippen LogP contribution in [0.2, 0.25) is 0 Å². The average Bonchev–Trinajstić information content (AvgIpc) is 3.02. The van der Waals surface area contributed by atoms with E-state index < -0.39 is 10.4 Å². The molecule has 1 aliphatic heterocycles. The molecule has 0 fully saturated rings. The molecule has 30 heavy (non-hydrogen) atoms. The van der Waals surface area contributed by atoms with E-state index in [9.17, 15) is 13.0 Å². The van der Waals surface area contributed by atoms with Gasteiger partial charge >= 0.3 is 0 Å². The normalized spacial score (nSPS) is 15.9. The highest BCUT2D eigenvalue weighted by molar-refractivity contribution is 7.80. The maximum atomic E-state index is 9.22. The number of hydrogen-bond acceptors (Lipinski definition) is 6. The van der Waals surface area contributed by atoms with Crippen LogP contribution in [0, 0.1) is 6.92 Å². The molecule has 0 N–H and O–H groups in total. The molecule has 0 amide bonds. The van der Waals surface area contributed by atoms with Crippen LogP contribution in [0.1, 0.15) is 23.6 Å². The summed E-state index contributed by atoms with van der Waals surface area (Å²) in [5.41, 5.74) is 6.25. The lowest BCUT2D eigenvalue weighted by Gasteiger charge is -2.18. The zero-order valence-electron chi connectivity index (χ0n) is 17.4. The molecule has 1 atom stereocenters. The number of rotatable bonds is 3. The fraction of sp³-hybridized carbons (Fsp3) is 0.273. The third kappa shape index (κ3) is 5.02. The molecule has 3 aromatic rings. The monoisotopic (exact) mass is 427 g/mol. The van der Waals surface area contributed by atoms with E-state index >= 15 is 0 Å². The lowest BCUT2D eigenvalue weighted by atomic mass is 10.1. The van der Waals surface area contributed by atoms with E-state index in [1.807, 2.05) is 6.21 Å². The van der Waals surface area contributed by atoms with Crippen LogP contribution in [0.4, 0.5) is 5.69 Å². The van der Waals surface area contributed by atoms with Crippen molar-refractivity contribution < 1.29 is 21.7 Å². The summed E-state index contributed by atoms with van der Waals surface area (Å²) < 4.78 is 33.2. The number of para-hydroxylation sites is 1. The number of aryl methyl sites for hydroxylation is 2. The Morgan fingerprint density at radius 1 is 1.23 bits per heavy atom. The number of nitrogens with zero attached hydrogens (tertiary/aromatic N) is 3. The van der Waals surface area contributed by atoms with Crippen LogP contribution in [-0.4, -0.2) is 32.3 Å². The molecule has 1 aromatic heterocycles. The highest BCUT2D eigenvalue weighted by Crippen LogP contribution is 2.32. The molecule has 0 saturated carbocycles. The molecule has 2 heterocycles. The quantitative estimate of drug-likeness (QED) is 0.278. The zero-order chi connectivity index (χ0) is 21.9. The molecule has 8 heteroatoms. The molecule has 0 aliphatic carbocycles. The summed E-state index contributed by atoms with van der Waals surface area (Å²) in [7, 11) is -1.52. The van der Waals surface area contributed by atoms with Gasteiger partial charge in [-0.05, 0) is 38.0 Å². The van der Waals surface area contributed by atoms with Gasteiger partial charge in [0, 0.05) is 17.7 Å². The first-order chi connectivity index (χ1) is 14.2. The summed E-state index contributed by atoms with van der Waals surface area (Å²) in [6, 6.07) is 17.6. The second-order valence-corrected chi connectivity index (χ2v) is 8.40. The highest BCUT2D eigenvalue weighted by Gasteiger charge is 2.24. The lowest BCUT2D eigenvalue weighted by Crippen LogP contribution is -2.28. The van der Waals surface area contributed by atoms with Crippen LogP contribution in [0.25, 0.3) is 10.9 Å². The molecule has 2 aromatic carbocycles. The Bertz CT molecular complexity index is 1190. The van der Waals surface area contributed by atoms with Crippen molar-refractivity contribution in [3.8, 4) is 0 Å². The van der Waals surface area contributed by atoms with E-state index in [0.717, 1.165) is 19.1 Å². The lowest BCUT2D eigenvalue weighted by molar-refractivity contribution is -0.644. The topological polar surface area (TPSA) is 85.9 Å². The van der Waals surface area contributed by atoms with Crippen molar-refractivity contribution >= 4 is 33.2 Å². The van der Waals surface area contributed by atoms with Gasteiger partial charge in [-0.2, -0.15) is 5.10 Å². The molecule has 0 spiro atoms. The van der Waals surface area contributed by atoms with Gasteiger partial charge in [0.25, 0.3) is 0 Å². The second kappa shape index (κ2) is 8.91. The molecule has 0 bridgehead atoms. The third-order valence-corrected chi connectivity index (χ3v) is 5.43. The fourth-order valence-electron chi connectivity index (χ4n) is 3.51. The first-order valence-corrected chi connectivity index (χ1v) is 10.8. The third-order valence-electron chi connectivity index (χ3n) is 5.02. The first kappa shape index (κ1) is 21.9. The molecule has 0 saturated heterocycles. The van der Waals surface area contributed by atoms with Crippen molar-refractivity contribution in [1.82, 2.24) is 0 Å². The van der Waals surface area contributed by atoms with Gasteiger partial charge in [-0.1, -0.05) is 29.8 Å². The van der Waals surface area contributed by atoms with Crippen LogP contribution >= 0.6 is 0 Å². The van der Waals surface area contributed by atoms with Gasteiger partial charge in [-0.15, -0.1) is 0 Å². The predicted octanol–water partition coefficient (Wildman–Crippen LogP) is 2.85. The summed E-state index contributed by atoms with van der Waals surface area (Å²) in [6.45, 7) is 4.36. The molecule has 1 aliphatic rings. The Labute approximate surface area is 177 Å². The number of aromatic nitrogens is 1. The Hall–Kier alpha value is -2.81. The maximum absolute atomic E-state index is 9.22. The number of hydrazone groups is 1. The van der Waals surface area contributed by atoms with Crippen molar-refractivity contribution in [2.75, 3.05) is 12.1 Å². The molecule has 1 unspecified atom stereocenters. The minimum Gasteiger partial charge on any atom is -0.726 e. The van der Waals surface area contributed by atoms with E-state index in [1.54, 1.807) is 0 Å². The molecule has 7 nitrogen and oxygen atoms in total. The molecular formula is C22H25N3O4S. The Balaban J connectivity index is 0.000000377. The van der Waals surface area contributed by atoms with Crippen molar-refractivity contribution in [1.29, 1.82) is 0 Å². The van der Waals surface area contributed by atoms with Crippen molar-refractivity contribution in [3.63, 3.8) is 0 Å². The van der Waals surface area contributed by atoms with Gasteiger partial charge in [-0.25, -0.2) is 13.0 Å². The van der Waals surface area contributed by atoms with Crippen LogP contribution in [0.15, 0.2) is 59.8 Å².